The molecule has 1 saturated heterocycles. The van der Waals surface area contributed by atoms with E-state index < -0.39 is 21.7 Å². The van der Waals surface area contributed by atoms with Crippen LogP contribution in [-0.2, 0) is 10.8 Å². The summed E-state index contributed by atoms with van der Waals surface area (Å²) in [6.45, 7) is 0.814. The van der Waals surface area contributed by atoms with Gasteiger partial charge in [0.2, 0.25) is 0 Å². The van der Waals surface area contributed by atoms with Gasteiger partial charge in [-0.25, -0.2) is 4.79 Å². The Morgan fingerprint density at radius 3 is 2.50 bits per heavy atom. The summed E-state index contributed by atoms with van der Waals surface area (Å²) in [5.74, 6) is -0.434. The molecule has 9 heteroatoms. The highest BCUT2D eigenvalue weighted by Gasteiger charge is 2.26. The zero-order chi connectivity index (χ0) is 14.9. The molecule has 0 bridgehead atoms. The molecule has 0 atom stereocenters. The topological polar surface area (TPSA) is 101 Å². The fourth-order valence-electron chi connectivity index (χ4n) is 2.04. The number of nitro benzene ring substituents is 1. The molecule has 1 aliphatic heterocycles. The van der Waals surface area contributed by atoms with Gasteiger partial charge in [-0.2, -0.15) is 0 Å². The lowest BCUT2D eigenvalue weighted by Gasteiger charge is -2.30. The molecular weight excluding hydrogens is 308 g/mol. The third-order valence-corrected chi connectivity index (χ3v) is 4.55. The smallest absolute Gasteiger partial charge is 0.338 e. The van der Waals surface area contributed by atoms with Gasteiger partial charge in [0.1, 0.15) is 0 Å². The summed E-state index contributed by atoms with van der Waals surface area (Å²) >= 11 is 6.01. The Morgan fingerprint density at radius 1 is 1.40 bits per heavy atom. The van der Waals surface area contributed by atoms with E-state index in [2.05, 4.69) is 0 Å². The molecule has 1 fully saturated rings. The van der Waals surface area contributed by atoms with Crippen molar-refractivity contribution in [1.29, 1.82) is 0 Å². The quantitative estimate of drug-likeness (QED) is 0.669. The summed E-state index contributed by atoms with van der Waals surface area (Å²) in [7, 11) is -0.911. The fraction of sp³-hybridized carbons (Fsp3) is 0.364. The van der Waals surface area contributed by atoms with Crippen molar-refractivity contribution in [2.24, 2.45) is 0 Å². The van der Waals surface area contributed by atoms with Crippen LogP contribution in [0.2, 0.25) is 5.02 Å². The molecule has 0 radical (unpaired) electrons. The van der Waals surface area contributed by atoms with Crippen molar-refractivity contribution in [3.05, 3.63) is 32.8 Å². The fourth-order valence-corrected chi connectivity index (χ4v) is 3.42. The average Bonchev–Trinajstić information content (AvgIpc) is 2.39. The lowest BCUT2D eigenvalue weighted by Crippen LogP contribution is -2.38. The Bertz CT molecular complexity index is 597. The Labute approximate surface area is 121 Å². The van der Waals surface area contributed by atoms with Gasteiger partial charge in [0.25, 0.3) is 5.69 Å². The Kier molecular flexibility index (Phi) is 4.24. The van der Waals surface area contributed by atoms with Crippen LogP contribution in [0.15, 0.2) is 12.1 Å². The van der Waals surface area contributed by atoms with Crippen LogP contribution in [0.5, 0.6) is 0 Å². The molecule has 108 valence electrons. The van der Waals surface area contributed by atoms with Crippen LogP contribution in [0.25, 0.3) is 0 Å². The van der Waals surface area contributed by atoms with Crippen LogP contribution in [-0.4, -0.2) is 44.8 Å². The number of hydrogen-bond donors (Lipinski definition) is 1. The van der Waals surface area contributed by atoms with Gasteiger partial charge in [-0.1, -0.05) is 11.6 Å². The van der Waals surface area contributed by atoms with Crippen molar-refractivity contribution >= 4 is 39.7 Å². The molecule has 0 amide bonds. The second kappa shape index (κ2) is 5.76. The summed E-state index contributed by atoms with van der Waals surface area (Å²) in [5.41, 5.74) is -0.324. The first kappa shape index (κ1) is 14.7. The SMILES string of the molecule is O=C(O)c1cc([N+](=O)[O-])cc(Cl)c1N1CCS(=O)CC1. The molecule has 1 N–H and O–H groups in total. The summed E-state index contributed by atoms with van der Waals surface area (Å²) in [6.07, 6.45) is 0. The van der Waals surface area contributed by atoms with E-state index in [-0.39, 0.29) is 22.0 Å². The van der Waals surface area contributed by atoms with Gasteiger partial charge >= 0.3 is 5.97 Å². The van der Waals surface area contributed by atoms with Gasteiger partial charge in [-0.3, -0.25) is 14.3 Å². The molecule has 0 aromatic heterocycles. The number of carboxylic acids is 1. The Hall–Kier alpha value is -1.67. The number of anilines is 1. The second-order valence-corrected chi connectivity index (χ2v) is 6.32. The molecule has 1 aliphatic rings. The highest BCUT2D eigenvalue weighted by Crippen LogP contribution is 2.34. The lowest BCUT2D eigenvalue weighted by atomic mass is 10.1. The number of carbonyl (C=O) groups is 1. The van der Waals surface area contributed by atoms with E-state index in [1.165, 1.54) is 0 Å². The first-order chi connectivity index (χ1) is 9.40. The highest BCUT2D eigenvalue weighted by molar-refractivity contribution is 7.85. The number of hydrogen-bond acceptors (Lipinski definition) is 5. The molecular formula is C11H11ClN2O5S. The van der Waals surface area contributed by atoms with Crippen molar-refractivity contribution in [1.82, 2.24) is 0 Å². The Morgan fingerprint density at radius 2 is 2.00 bits per heavy atom. The minimum absolute atomic E-state index is 0.0179. The van der Waals surface area contributed by atoms with E-state index in [9.17, 15) is 24.2 Å². The van der Waals surface area contributed by atoms with Crippen LogP contribution in [0, 0.1) is 10.1 Å². The number of aromatic carboxylic acids is 1. The van der Waals surface area contributed by atoms with Gasteiger partial charge < -0.3 is 10.0 Å². The van der Waals surface area contributed by atoms with Crippen molar-refractivity contribution in [3.63, 3.8) is 0 Å². The maximum atomic E-state index is 11.3. The van der Waals surface area contributed by atoms with Crippen molar-refractivity contribution in [2.75, 3.05) is 29.5 Å². The van der Waals surface area contributed by atoms with E-state index in [4.69, 9.17) is 11.6 Å². The molecule has 1 aromatic rings. The molecule has 1 heterocycles. The summed E-state index contributed by atoms with van der Waals surface area (Å²) in [5, 5.41) is 20.0. The molecule has 0 aliphatic carbocycles. The van der Waals surface area contributed by atoms with Gasteiger partial charge in [-0.15, -0.1) is 0 Å². The number of benzene rings is 1. The minimum atomic E-state index is -1.28. The minimum Gasteiger partial charge on any atom is -0.478 e. The predicted octanol–water partition coefficient (Wildman–Crippen LogP) is 1.52. The Balaban J connectivity index is 2.48. The van der Waals surface area contributed by atoms with Gasteiger partial charge in [0.05, 0.1) is 21.2 Å². The molecule has 1 aromatic carbocycles. The molecule has 7 nitrogen and oxygen atoms in total. The van der Waals surface area contributed by atoms with E-state index in [0.717, 1.165) is 12.1 Å². The molecule has 0 unspecified atom stereocenters. The molecule has 0 spiro atoms. The standard InChI is InChI=1S/C11H11ClN2O5S/c12-9-6-7(14(17)18)5-8(11(15)16)10(9)13-1-3-20(19)4-2-13/h5-6H,1-4H2,(H,15,16). The second-order valence-electron chi connectivity index (χ2n) is 4.22. The highest BCUT2D eigenvalue weighted by atomic mass is 35.5. The number of carboxylic acid groups (broad SMARTS) is 1. The summed E-state index contributed by atoms with van der Waals surface area (Å²) < 4.78 is 11.3. The number of nitro groups is 1. The van der Waals surface area contributed by atoms with Crippen molar-refractivity contribution in [2.45, 2.75) is 0 Å². The van der Waals surface area contributed by atoms with Crippen LogP contribution >= 0.6 is 11.6 Å². The number of halogens is 1. The number of non-ortho nitro benzene ring substituents is 1. The predicted molar refractivity (Wildman–Crippen MR) is 75.2 cm³/mol. The van der Waals surface area contributed by atoms with Gasteiger partial charge in [0, 0.05) is 47.5 Å². The zero-order valence-electron chi connectivity index (χ0n) is 10.2. The van der Waals surface area contributed by atoms with Crippen molar-refractivity contribution < 1.29 is 19.0 Å². The molecule has 2 rings (SSSR count). The summed E-state index contributed by atoms with van der Waals surface area (Å²) in [4.78, 5) is 23.1. The van der Waals surface area contributed by atoms with Crippen LogP contribution in [0.1, 0.15) is 10.4 Å². The van der Waals surface area contributed by atoms with Crippen LogP contribution in [0.3, 0.4) is 0 Å². The third kappa shape index (κ3) is 2.91. The zero-order valence-corrected chi connectivity index (χ0v) is 11.8. The summed E-state index contributed by atoms with van der Waals surface area (Å²) in [6, 6.07) is 2.13. The maximum Gasteiger partial charge on any atom is 0.338 e. The van der Waals surface area contributed by atoms with Gasteiger partial charge in [0.15, 0.2) is 0 Å². The molecule has 0 saturated carbocycles. The first-order valence-electron chi connectivity index (χ1n) is 5.71. The average molecular weight is 319 g/mol. The van der Waals surface area contributed by atoms with E-state index in [1.54, 1.807) is 4.90 Å². The van der Waals surface area contributed by atoms with Crippen LogP contribution < -0.4 is 4.90 Å². The number of nitrogens with zero attached hydrogens (tertiary/aromatic N) is 2. The monoisotopic (exact) mass is 318 g/mol. The van der Waals surface area contributed by atoms with E-state index >= 15 is 0 Å². The third-order valence-electron chi connectivity index (χ3n) is 2.98. The normalized spacial score (nSPS) is 16.1. The van der Waals surface area contributed by atoms with Crippen molar-refractivity contribution in [3.8, 4) is 0 Å². The van der Waals surface area contributed by atoms with E-state index in [0.29, 0.717) is 24.6 Å². The molecule has 20 heavy (non-hydrogen) atoms. The lowest BCUT2D eigenvalue weighted by molar-refractivity contribution is -0.384. The maximum absolute atomic E-state index is 11.3. The van der Waals surface area contributed by atoms with Gasteiger partial charge in [-0.05, 0) is 0 Å². The first-order valence-corrected chi connectivity index (χ1v) is 7.58. The largest absolute Gasteiger partial charge is 0.478 e. The number of rotatable bonds is 3. The van der Waals surface area contributed by atoms with E-state index in [1.807, 2.05) is 0 Å². The van der Waals surface area contributed by atoms with Crippen LogP contribution in [0.4, 0.5) is 11.4 Å².